The third-order valence-electron chi connectivity index (χ3n) is 6.57. The number of aryl methyl sites for hydroxylation is 2. The molecule has 0 radical (unpaired) electrons. The molecule has 36 heavy (non-hydrogen) atoms. The second-order valence-corrected chi connectivity index (χ2v) is 11.1. The van der Waals surface area contributed by atoms with Crippen molar-refractivity contribution in [3.63, 3.8) is 0 Å². The summed E-state index contributed by atoms with van der Waals surface area (Å²) in [7, 11) is 0. The Balaban J connectivity index is 1.42. The summed E-state index contributed by atoms with van der Waals surface area (Å²) in [6.07, 6.45) is -10.1. The molecule has 0 aliphatic carbocycles. The van der Waals surface area contributed by atoms with Gasteiger partial charge in [-0.05, 0) is 45.5 Å². The van der Waals surface area contributed by atoms with Crippen molar-refractivity contribution in [2.75, 3.05) is 0 Å². The van der Waals surface area contributed by atoms with Gasteiger partial charge in [-0.25, -0.2) is 0 Å². The van der Waals surface area contributed by atoms with Crippen LogP contribution in [0.1, 0.15) is 24.0 Å². The Morgan fingerprint density at radius 2 is 0.861 bits per heavy atom. The fourth-order valence-electron chi connectivity index (χ4n) is 4.81. The van der Waals surface area contributed by atoms with Crippen molar-refractivity contribution in [3.8, 4) is 0 Å². The number of halogens is 6. The van der Waals surface area contributed by atoms with Gasteiger partial charge in [0.2, 0.25) is 0 Å². The highest BCUT2D eigenvalue weighted by Crippen LogP contribution is 2.48. The number of fused-ring (bicyclic) bond motifs is 9. The number of benzene rings is 4. The normalized spacial score (nSPS) is 13.2. The van der Waals surface area contributed by atoms with Gasteiger partial charge in [-0.2, -0.15) is 26.3 Å². The standard InChI is InChI=1S/C28H18F6S2/c29-27(30,31)11-9-15-1-5-19-17(13-15)3-7-21-23(19)35-26-22-8-4-18-14-16(10-12-28(32,33)34)2-6-20(18)24(22)36-25(21)26/h1-8,13-14H,9-12H2. The van der Waals surface area contributed by atoms with Gasteiger partial charge in [0.1, 0.15) is 0 Å². The molecule has 0 saturated carbocycles. The van der Waals surface area contributed by atoms with Gasteiger partial charge in [-0.15, -0.1) is 22.7 Å². The van der Waals surface area contributed by atoms with E-state index in [-0.39, 0.29) is 12.8 Å². The van der Waals surface area contributed by atoms with E-state index in [0.29, 0.717) is 11.1 Å². The summed E-state index contributed by atoms with van der Waals surface area (Å²) in [6.45, 7) is 0. The third kappa shape index (κ3) is 4.30. The minimum atomic E-state index is -4.17. The van der Waals surface area contributed by atoms with Crippen molar-refractivity contribution in [2.45, 2.75) is 38.0 Å². The molecule has 0 bridgehead atoms. The van der Waals surface area contributed by atoms with Gasteiger partial charge in [-0.1, -0.05) is 60.7 Å². The van der Waals surface area contributed by atoms with Crippen LogP contribution in [0.3, 0.4) is 0 Å². The quantitative estimate of drug-likeness (QED) is 0.198. The van der Waals surface area contributed by atoms with E-state index in [4.69, 9.17) is 0 Å². The predicted octanol–water partition coefficient (Wildman–Crippen LogP) is 10.6. The maximum Gasteiger partial charge on any atom is 0.389 e. The Bertz CT molecular complexity index is 1640. The van der Waals surface area contributed by atoms with Gasteiger partial charge in [0.15, 0.2) is 0 Å². The van der Waals surface area contributed by atoms with Crippen LogP contribution < -0.4 is 0 Å². The van der Waals surface area contributed by atoms with Gasteiger partial charge >= 0.3 is 12.4 Å². The molecule has 4 aromatic carbocycles. The lowest BCUT2D eigenvalue weighted by atomic mass is 10.0. The second kappa shape index (κ2) is 8.35. The maximum atomic E-state index is 12.6. The fraction of sp³-hybridized carbons (Fsp3) is 0.214. The fourth-order valence-corrected chi connectivity index (χ4v) is 7.72. The van der Waals surface area contributed by atoms with E-state index in [2.05, 4.69) is 0 Å². The lowest BCUT2D eigenvalue weighted by Gasteiger charge is -2.08. The summed E-state index contributed by atoms with van der Waals surface area (Å²) in [5.41, 5.74) is 1.34. The van der Waals surface area contributed by atoms with Crippen LogP contribution in [-0.4, -0.2) is 12.4 Å². The molecule has 0 N–H and O–H groups in total. The Hall–Kier alpha value is -2.84. The van der Waals surface area contributed by atoms with Crippen LogP contribution in [0.25, 0.3) is 51.1 Å². The summed E-state index contributed by atoms with van der Waals surface area (Å²) in [5.74, 6) is 0. The van der Waals surface area contributed by atoms with Crippen LogP contribution in [0.2, 0.25) is 0 Å². The molecule has 0 nitrogen and oxygen atoms in total. The van der Waals surface area contributed by atoms with Crippen LogP contribution >= 0.6 is 22.7 Å². The Morgan fingerprint density at radius 1 is 0.472 bits per heavy atom. The van der Waals surface area contributed by atoms with Crippen LogP contribution in [-0.2, 0) is 12.8 Å². The number of hydrogen-bond acceptors (Lipinski definition) is 2. The lowest BCUT2D eigenvalue weighted by molar-refractivity contribution is -0.134. The van der Waals surface area contributed by atoms with Crippen LogP contribution in [0, 0.1) is 0 Å². The molecule has 0 unspecified atom stereocenters. The highest BCUT2D eigenvalue weighted by molar-refractivity contribution is 7.37. The topological polar surface area (TPSA) is 0 Å². The van der Waals surface area contributed by atoms with E-state index in [1.54, 1.807) is 34.8 Å². The predicted molar refractivity (Wildman–Crippen MR) is 138 cm³/mol. The van der Waals surface area contributed by atoms with Crippen molar-refractivity contribution < 1.29 is 26.3 Å². The highest BCUT2D eigenvalue weighted by atomic mass is 32.1. The molecule has 6 aromatic rings. The molecule has 0 aliphatic rings. The Morgan fingerprint density at radius 3 is 1.25 bits per heavy atom. The molecule has 184 valence electrons. The third-order valence-corrected chi connectivity index (χ3v) is 9.24. The summed E-state index contributed by atoms with van der Waals surface area (Å²) in [6, 6.07) is 19.1. The van der Waals surface area contributed by atoms with Gasteiger partial charge in [0.25, 0.3) is 0 Å². The Kier molecular flexibility index (Phi) is 5.46. The first-order valence-corrected chi connectivity index (χ1v) is 13.0. The average molecular weight is 533 g/mol. The summed E-state index contributed by atoms with van der Waals surface area (Å²) < 4.78 is 80.3. The molecule has 8 heteroatoms. The molecule has 2 heterocycles. The van der Waals surface area contributed by atoms with E-state index in [1.807, 2.05) is 48.5 Å². The zero-order valence-corrected chi connectivity index (χ0v) is 20.3. The van der Waals surface area contributed by atoms with Crippen molar-refractivity contribution >= 4 is 73.8 Å². The van der Waals surface area contributed by atoms with Gasteiger partial charge in [-0.3, -0.25) is 0 Å². The number of alkyl halides is 6. The molecule has 0 saturated heterocycles. The number of thiophene rings is 2. The summed E-state index contributed by atoms with van der Waals surface area (Å²) in [5, 5.41) is 6.14. The molecule has 0 aliphatic heterocycles. The van der Waals surface area contributed by atoms with Gasteiger partial charge < -0.3 is 0 Å². The smallest absolute Gasteiger partial charge is 0.171 e. The van der Waals surface area contributed by atoms with E-state index in [1.165, 1.54) is 0 Å². The number of hydrogen-bond donors (Lipinski definition) is 0. The zero-order chi connectivity index (χ0) is 25.2. The highest BCUT2D eigenvalue weighted by Gasteiger charge is 2.27. The molecule has 2 aromatic heterocycles. The van der Waals surface area contributed by atoms with Crippen molar-refractivity contribution in [3.05, 3.63) is 71.8 Å². The van der Waals surface area contributed by atoms with Crippen LogP contribution in [0.5, 0.6) is 0 Å². The molecule has 0 atom stereocenters. The minimum absolute atomic E-state index is 0.0351. The average Bonchev–Trinajstić information content (AvgIpc) is 3.36. The zero-order valence-electron chi connectivity index (χ0n) is 18.7. The monoisotopic (exact) mass is 532 g/mol. The maximum absolute atomic E-state index is 12.6. The second-order valence-electron chi connectivity index (χ2n) is 9.09. The molecule has 0 amide bonds. The lowest BCUT2D eigenvalue weighted by Crippen LogP contribution is -2.08. The summed E-state index contributed by atoms with van der Waals surface area (Å²) >= 11 is 3.36. The van der Waals surface area contributed by atoms with Crippen LogP contribution in [0.4, 0.5) is 26.3 Å². The van der Waals surface area contributed by atoms with E-state index >= 15 is 0 Å². The molecular formula is C28H18F6S2. The van der Waals surface area contributed by atoms with Crippen molar-refractivity contribution in [1.29, 1.82) is 0 Å². The molecule has 6 rings (SSSR count). The SMILES string of the molecule is FC(F)(F)CCc1ccc2c(ccc3c2sc2c4ccc5cc(CCC(F)(F)F)ccc5c4sc32)c1. The Labute approximate surface area is 209 Å². The first-order valence-electron chi connectivity index (χ1n) is 11.4. The number of rotatable bonds is 4. The molecule has 0 spiro atoms. The molecular weight excluding hydrogens is 514 g/mol. The van der Waals surface area contributed by atoms with E-state index in [0.717, 1.165) is 51.1 Å². The van der Waals surface area contributed by atoms with Gasteiger partial charge in [0.05, 0.1) is 9.40 Å². The van der Waals surface area contributed by atoms with Crippen molar-refractivity contribution in [1.82, 2.24) is 0 Å². The van der Waals surface area contributed by atoms with Gasteiger partial charge in [0, 0.05) is 33.0 Å². The minimum Gasteiger partial charge on any atom is -0.171 e. The van der Waals surface area contributed by atoms with Crippen molar-refractivity contribution in [2.24, 2.45) is 0 Å². The van der Waals surface area contributed by atoms with E-state index < -0.39 is 25.2 Å². The van der Waals surface area contributed by atoms with Crippen LogP contribution in [0.15, 0.2) is 60.7 Å². The van der Waals surface area contributed by atoms with E-state index in [9.17, 15) is 26.3 Å². The largest absolute Gasteiger partial charge is 0.389 e. The first-order chi connectivity index (χ1) is 17.1. The first kappa shape index (κ1) is 23.6. The molecule has 0 fully saturated rings. The summed E-state index contributed by atoms with van der Waals surface area (Å²) in [4.78, 5) is 0.